The van der Waals surface area contributed by atoms with E-state index in [1.54, 1.807) is 13.2 Å². The molecule has 0 bridgehead atoms. The number of allylic oxidation sites excluding steroid dienone is 1. The van der Waals surface area contributed by atoms with Crippen LogP contribution in [0, 0.1) is 17.8 Å². The molecule has 2 N–H and O–H groups in total. The summed E-state index contributed by atoms with van der Waals surface area (Å²) in [5.74, 6) is 0.000938. The predicted molar refractivity (Wildman–Crippen MR) is 219 cm³/mol. The number of ether oxygens (including phenoxy) is 3. The minimum absolute atomic E-state index is 0.0911. The Bertz CT molecular complexity index is 1890. The van der Waals surface area contributed by atoms with Crippen molar-refractivity contribution in [2.24, 2.45) is 22.9 Å². The average molecular weight is 766 g/mol. The van der Waals surface area contributed by atoms with Gasteiger partial charge in [-0.25, -0.2) is 0 Å². The third-order valence-corrected chi connectivity index (χ3v) is 12.2. The Hall–Kier alpha value is -4.22. The van der Waals surface area contributed by atoms with Crippen LogP contribution in [-0.2, 0) is 9.57 Å². The number of benzene rings is 3. The van der Waals surface area contributed by atoms with E-state index in [0.717, 1.165) is 97.3 Å². The van der Waals surface area contributed by atoms with E-state index >= 15 is 4.79 Å². The van der Waals surface area contributed by atoms with E-state index in [2.05, 4.69) is 36.6 Å². The molecule has 10 heteroatoms. The van der Waals surface area contributed by atoms with Gasteiger partial charge in [-0.15, -0.1) is 6.58 Å². The summed E-state index contributed by atoms with van der Waals surface area (Å²) in [5.41, 5.74) is 3.48. The number of amides is 1. The molecule has 3 aromatic carbocycles. The highest BCUT2D eigenvalue weighted by molar-refractivity contribution is 6.04. The zero-order chi connectivity index (χ0) is 39.1. The predicted octanol–water partition coefficient (Wildman–Crippen LogP) is 7.35. The maximum Gasteiger partial charge on any atom is 0.254 e. The second kappa shape index (κ2) is 18.4. The molecule has 2 aliphatic heterocycles. The Morgan fingerprint density at radius 3 is 2.55 bits per heavy atom. The second-order valence-corrected chi connectivity index (χ2v) is 15.7. The third-order valence-electron chi connectivity index (χ3n) is 12.2. The molecule has 0 radical (unpaired) electrons. The van der Waals surface area contributed by atoms with Crippen molar-refractivity contribution < 1.29 is 34.1 Å². The molecule has 56 heavy (non-hydrogen) atoms. The number of aliphatic hydroxyl groups excluding tert-OH is 2. The van der Waals surface area contributed by atoms with Crippen molar-refractivity contribution in [3.05, 3.63) is 96.1 Å². The topological polar surface area (TPSA) is 113 Å². The molecule has 7 rings (SSSR count). The Morgan fingerprint density at radius 2 is 1.82 bits per heavy atom. The number of carbonyl (C=O) groups is 1. The highest BCUT2D eigenvalue weighted by atomic mass is 16.7. The van der Waals surface area contributed by atoms with Gasteiger partial charge in [-0.1, -0.05) is 67.4 Å². The van der Waals surface area contributed by atoms with Gasteiger partial charge < -0.3 is 34.2 Å². The van der Waals surface area contributed by atoms with Gasteiger partial charge in [0.1, 0.15) is 31.3 Å². The highest BCUT2D eigenvalue weighted by Crippen LogP contribution is 2.62. The van der Waals surface area contributed by atoms with Gasteiger partial charge in [0.25, 0.3) is 5.91 Å². The van der Waals surface area contributed by atoms with Crippen molar-refractivity contribution in [3.63, 3.8) is 0 Å². The van der Waals surface area contributed by atoms with Crippen LogP contribution in [0.4, 0.5) is 0 Å². The van der Waals surface area contributed by atoms with Crippen molar-refractivity contribution in [2.75, 3.05) is 59.7 Å². The largest absolute Gasteiger partial charge is 0.492 e. The van der Waals surface area contributed by atoms with Crippen LogP contribution >= 0.6 is 0 Å². The van der Waals surface area contributed by atoms with Gasteiger partial charge in [-0.2, -0.15) is 0 Å². The second-order valence-electron chi connectivity index (χ2n) is 15.7. The van der Waals surface area contributed by atoms with Crippen molar-refractivity contribution >= 4 is 22.4 Å². The van der Waals surface area contributed by atoms with Gasteiger partial charge in [0.05, 0.1) is 18.2 Å². The van der Waals surface area contributed by atoms with E-state index in [4.69, 9.17) is 24.2 Å². The van der Waals surface area contributed by atoms with Crippen LogP contribution < -0.4 is 9.47 Å². The first-order chi connectivity index (χ1) is 27.5. The molecular weight excluding hydrogens is 707 g/mol. The zero-order valence-electron chi connectivity index (χ0n) is 33.1. The Labute approximate surface area is 331 Å². The quantitative estimate of drug-likeness (QED) is 0.0532. The number of carbonyl (C=O) groups excluding carboxylic acids is 1. The van der Waals surface area contributed by atoms with Crippen LogP contribution in [0.3, 0.4) is 0 Å². The first-order valence-corrected chi connectivity index (χ1v) is 20.7. The van der Waals surface area contributed by atoms with Gasteiger partial charge >= 0.3 is 0 Å². The fourth-order valence-corrected chi connectivity index (χ4v) is 9.56. The summed E-state index contributed by atoms with van der Waals surface area (Å²) in [4.78, 5) is 24.9. The highest BCUT2D eigenvalue weighted by Gasteiger charge is 2.65. The normalized spacial score (nSPS) is 25.8. The number of unbranched alkanes of at least 4 members (excludes halogenated alkanes) is 2. The van der Waals surface area contributed by atoms with Gasteiger partial charge in [-0.3, -0.25) is 9.69 Å². The number of nitrogens with zero attached hydrogens (tertiary/aromatic N) is 3. The molecule has 0 aromatic heterocycles. The van der Waals surface area contributed by atoms with E-state index in [1.807, 2.05) is 53.4 Å². The summed E-state index contributed by atoms with van der Waals surface area (Å²) >= 11 is 0. The maximum atomic E-state index is 15.0. The standard InChI is InChI=1S/C46H59N3O7/c1-4-20-49(45(52)35-17-16-32-12-6-7-13-33(32)28-35)42-31-40(47-53-3)38-29-34(14-8-10-24-50)37(15-9-11-25-51)43-39-30-36(54-27-23-48-21-22-48)18-19-41(39)56-46(42,44(38)43)55-26-5-2/h5-7,12-13,16-19,28-30,34,37,42-44,50-51H,2,4,8-11,14-15,20-27,31H2,1,3H3. The van der Waals surface area contributed by atoms with Crippen LogP contribution in [-0.4, -0.2) is 103 Å². The van der Waals surface area contributed by atoms with Gasteiger partial charge in [0.15, 0.2) is 0 Å². The number of aliphatic hydroxyl groups is 2. The summed E-state index contributed by atoms with van der Waals surface area (Å²) in [7, 11) is 1.58. The number of hydrogen-bond donors (Lipinski definition) is 2. The number of hydrogen-bond acceptors (Lipinski definition) is 9. The first-order valence-electron chi connectivity index (χ1n) is 20.7. The average Bonchev–Trinajstić information content (AvgIpc) is 4.05. The summed E-state index contributed by atoms with van der Waals surface area (Å²) in [6, 6.07) is 19.6. The van der Waals surface area contributed by atoms with E-state index < -0.39 is 11.8 Å². The minimum Gasteiger partial charge on any atom is -0.492 e. The Morgan fingerprint density at radius 1 is 1.04 bits per heavy atom. The first kappa shape index (κ1) is 40.0. The monoisotopic (exact) mass is 765 g/mol. The van der Waals surface area contributed by atoms with Crippen molar-refractivity contribution in [1.29, 1.82) is 0 Å². The lowest BCUT2D eigenvalue weighted by Crippen LogP contribution is -2.70. The fraction of sp³-hybridized carbons (Fsp3) is 0.522. The van der Waals surface area contributed by atoms with Crippen LogP contribution in [0.5, 0.6) is 11.5 Å². The van der Waals surface area contributed by atoms with Crippen LogP contribution in [0.1, 0.15) is 80.1 Å². The van der Waals surface area contributed by atoms with E-state index in [1.165, 1.54) is 0 Å². The number of fused-ring (bicyclic) bond motifs is 3. The molecule has 1 saturated carbocycles. The van der Waals surface area contributed by atoms with Gasteiger partial charge in [0, 0.05) is 62.9 Å². The Balaban J connectivity index is 1.40. The molecule has 6 unspecified atom stereocenters. The lowest BCUT2D eigenvalue weighted by atomic mass is 9.55. The fourth-order valence-electron chi connectivity index (χ4n) is 9.56. The summed E-state index contributed by atoms with van der Waals surface area (Å²) in [6.07, 6.45) is 10.2. The smallest absolute Gasteiger partial charge is 0.254 e. The lowest BCUT2D eigenvalue weighted by Gasteiger charge is -2.60. The molecule has 0 spiro atoms. The molecular formula is C46H59N3O7. The molecule has 6 atom stereocenters. The summed E-state index contributed by atoms with van der Waals surface area (Å²) in [6.45, 7) is 10.8. The molecule has 1 saturated heterocycles. The van der Waals surface area contributed by atoms with E-state index in [-0.39, 0.29) is 49.4 Å². The third kappa shape index (κ3) is 8.26. The van der Waals surface area contributed by atoms with Crippen molar-refractivity contribution in [2.45, 2.75) is 76.0 Å². The molecule has 300 valence electrons. The molecule has 2 fully saturated rings. The van der Waals surface area contributed by atoms with Crippen molar-refractivity contribution in [1.82, 2.24) is 9.80 Å². The molecule has 2 heterocycles. The maximum absolute atomic E-state index is 15.0. The molecule has 3 aromatic rings. The van der Waals surface area contributed by atoms with Crippen LogP contribution in [0.2, 0.25) is 0 Å². The molecule has 4 aliphatic rings. The number of oxime groups is 1. The number of rotatable bonds is 20. The van der Waals surface area contributed by atoms with Gasteiger partial charge in [0.2, 0.25) is 5.79 Å². The van der Waals surface area contributed by atoms with Gasteiger partial charge in [-0.05, 0) is 90.6 Å². The van der Waals surface area contributed by atoms with Crippen LogP contribution in [0.25, 0.3) is 10.8 Å². The minimum atomic E-state index is -1.29. The van der Waals surface area contributed by atoms with Crippen molar-refractivity contribution in [3.8, 4) is 11.5 Å². The zero-order valence-corrected chi connectivity index (χ0v) is 33.1. The van der Waals surface area contributed by atoms with E-state index in [0.29, 0.717) is 31.6 Å². The summed E-state index contributed by atoms with van der Waals surface area (Å²) < 4.78 is 20.8. The molecule has 2 aliphatic carbocycles. The lowest BCUT2D eigenvalue weighted by molar-refractivity contribution is -0.254. The molecule has 10 nitrogen and oxygen atoms in total. The van der Waals surface area contributed by atoms with E-state index in [9.17, 15) is 10.2 Å². The SMILES string of the molecule is C=CCOC12Oc3ccc(OCCN4CC4)cc3C3C(CCCCO)C(CCCCO)C=C(C(=NOC)CC1N(CCC)C(=O)c1ccc4ccccc4c1)C32. The Kier molecular flexibility index (Phi) is 13.1. The molecule has 1 amide bonds. The summed E-state index contributed by atoms with van der Waals surface area (Å²) in [5, 5.41) is 26.5. The van der Waals surface area contributed by atoms with Crippen LogP contribution in [0.15, 0.2) is 90.1 Å².